The number of carbonyl (C=O) groups excluding carboxylic acids is 2. The lowest BCUT2D eigenvalue weighted by Gasteiger charge is -2.50. The van der Waals surface area contributed by atoms with Crippen molar-refractivity contribution in [3.8, 4) is 17.2 Å². The van der Waals surface area contributed by atoms with Gasteiger partial charge in [0.2, 0.25) is 5.78 Å². The third kappa shape index (κ3) is 10.8. The van der Waals surface area contributed by atoms with Gasteiger partial charge in [0.1, 0.15) is 47.8 Å². The fourth-order valence-corrected chi connectivity index (χ4v) is 12.4. The van der Waals surface area contributed by atoms with E-state index in [1.165, 1.54) is 18.2 Å². The van der Waals surface area contributed by atoms with Crippen LogP contribution in [0.4, 0.5) is 0 Å². The SMILES string of the molecule is CC[C@]1(O)C[C@H](O[C@H]2C[C@@H](N(C)C)[C@H](O[C@H]3C[C@@H](O)[C@@H](O[C@@H]4CC[C@@H](O)[C@@H](C)O4)[C@@H](C)O3)[C@@H](C)O2)c2c(O)c3c(c(O)c2[C@H]1O[C@H]1C[C@@H](N(C)C)[C@@H](O[C@H]2C[C@@H](O)[C@@H](O)[C@@H](C)O2)[C@@H](C)O1)C(=O)c1cccc(O)c1C3=O. The lowest BCUT2D eigenvalue weighted by Crippen LogP contribution is -2.58. The van der Waals surface area contributed by atoms with Crippen molar-refractivity contribution in [1.29, 1.82) is 0 Å². The van der Waals surface area contributed by atoms with E-state index in [0.29, 0.717) is 12.8 Å². The minimum absolute atomic E-state index is 0.0000129. The van der Waals surface area contributed by atoms with Crippen LogP contribution >= 0.6 is 0 Å². The van der Waals surface area contributed by atoms with Crippen molar-refractivity contribution >= 4 is 11.6 Å². The number of phenols is 3. The Morgan fingerprint density at radius 2 is 1.07 bits per heavy atom. The van der Waals surface area contributed by atoms with E-state index in [-0.39, 0.29) is 60.8 Å². The highest BCUT2D eigenvalue weighted by molar-refractivity contribution is 6.31. The van der Waals surface area contributed by atoms with Crippen LogP contribution < -0.4 is 0 Å². The molecule has 76 heavy (non-hydrogen) atoms. The number of hydrogen-bond donors (Lipinski definition) is 8. The lowest BCUT2D eigenvalue weighted by atomic mass is 9.70. The summed E-state index contributed by atoms with van der Waals surface area (Å²) in [6.45, 7) is 10.5. The van der Waals surface area contributed by atoms with E-state index in [4.69, 9.17) is 47.4 Å². The molecule has 2 aliphatic carbocycles. The molecule has 5 aliphatic heterocycles. The Balaban J connectivity index is 0.997. The predicted octanol–water partition coefficient (Wildman–Crippen LogP) is 2.76. The first-order valence-electron chi connectivity index (χ1n) is 26.8. The predicted molar refractivity (Wildman–Crippen MR) is 265 cm³/mol. The van der Waals surface area contributed by atoms with Crippen LogP contribution in [0.3, 0.4) is 0 Å². The van der Waals surface area contributed by atoms with Gasteiger partial charge in [0, 0.05) is 67.3 Å². The first-order valence-corrected chi connectivity index (χ1v) is 26.8. The molecular formula is C54H78N2O20. The second-order valence-corrected chi connectivity index (χ2v) is 22.4. The zero-order valence-electron chi connectivity index (χ0n) is 44.9. The minimum atomic E-state index is -1.89. The van der Waals surface area contributed by atoms with Gasteiger partial charge in [-0.25, -0.2) is 0 Å². The van der Waals surface area contributed by atoms with Crippen molar-refractivity contribution in [3.05, 3.63) is 51.6 Å². The fraction of sp³-hybridized carbons (Fsp3) is 0.741. The smallest absolute Gasteiger partial charge is 0.202 e. The Hall–Kier alpha value is -3.50. The molecular weight excluding hydrogens is 997 g/mol. The number of fused-ring (bicyclic) bond motifs is 3. The molecule has 0 spiro atoms. The number of aliphatic hydroxyl groups excluding tert-OH is 4. The number of rotatable bonds is 13. The Kier molecular flexibility index (Phi) is 17.0. The van der Waals surface area contributed by atoms with Gasteiger partial charge in [-0.3, -0.25) is 9.59 Å². The molecule has 0 bridgehead atoms. The highest BCUT2D eigenvalue weighted by atomic mass is 16.7. The highest BCUT2D eigenvalue weighted by Gasteiger charge is 2.55. The molecule has 0 aromatic heterocycles. The lowest BCUT2D eigenvalue weighted by molar-refractivity contribution is -0.330. The summed E-state index contributed by atoms with van der Waals surface area (Å²) in [6.07, 6.45) is -14.9. The fourth-order valence-electron chi connectivity index (χ4n) is 12.4. The second kappa shape index (κ2) is 22.6. The number of carbonyl (C=O) groups is 2. The van der Waals surface area contributed by atoms with Crippen LogP contribution in [0.15, 0.2) is 18.2 Å². The molecule has 5 fully saturated rings. The number of aliphatic hydroxyl groups is 5. The monoisotopic (exact) mass is 1070 g/mol. The number of phenolic OH excluding ortho intramolecular Hbond substituents is 3. The van der Waals surface area contributed by atoms with Gasteiger partial charge in [-0.1, -0.05) is 19.1 Å². The van der Waals surface area contributed by atoms with E-state index in [1.807, 2.05) is 38.0 Å². The number of ether oxygens (including phenoxy) is 10. The first kappa shape index (κ1) is 57.2. The largest absolute Gasteiger partial charge is 0.507 e. The molecule has 22 atom stereocenters. The number of nitrogens with zero attached hydrogens (tertiary/aromatic N) is 2. The molecule has 9 rings (SSSR count). The summed E-state index contributed by atoms with van der Waals surface area (Å²) >= 11 is 0. The molecule has 0 saturated carbocycles. The van der Waals surface area contributed by atoms with Crippen LogP contribution in [-0.2, 0) is 47.4 Å². The van der Waals surface area contributed by atoms with Gasteiger partial charge in [0.25, 0.3) is 0 Å². The Bertz CT molecular complexity index is 2400. The minimum Gasteiger partial charge on any atom is -0.507 e. The van der Waals surface area contributed by atoms with E-state index in [0.717, 1.165) is 0 Å². The molecule has 22 heteroatoms. The standard InChI is InChI=1S/C54H78N2O20/c1-11-54(66)21-34(72-36-17-28(55(7)8)50(24(4)69-36)75-39-20-33(60)52(26(6)71-39)73-35-16-15-30(57)22(2)67-35)41-44(49(65)42-43(48(41)64)47(63)40-27(46(42)62)13-12-14-31(40)58)53(54)76-37-18-29(56(9)10)51(25(5)70-37)74-38-19-32(59)45(61)23(3)68-38/h12-14,22-26,28-30,32-39,45,50-53,57-61,64-66H,11,15-21H2,1-10H3/t22-,23-,24-,25-,26-,28-,29-,30-,32-,33-,34+,35-,36+,37+,38+,39+,45+,50-,51+,52+,53-,54+/m1/s1. The van der Waals surface area contributed by atoms with Gasteiger partial charge < -0.3 is 98.0 Å². The number of aromatic hydroxyl groups is 3. The molecule has 2 aromatic rings. The normalized spacial score (nSPS) is 41.9. The van der Waals surface area contributed by atoms with Gasteiger partial charge in [0.15, 0.2) is 37.2 Å². The van der Waals surface area contributed by atoms with E-state index in [9.17, 15) is 50.4 Å². The molecule has 5 saturated heterocycles. The van der Waals surface area contributed by atoms with Crippen molar-refractivity contribution in [2.75, 3.05) is 28.2 Å². The van der Waals surface area contributed by atoms with Gasteiger partial charge in [-0.2, -0.15) is 0 Å². The van der Waals surface area contributed by atoms with Crippen molar-refractivity contribution in [2.45, 2.75) is 227 Å². The van der Waals surface area contributed by atoms with Gasteiger partial charge in [-0.15, -0.1) is 0 Å². The van der Waals surface area contributed by atoms with E-state index in [1.54, 1.807) is 41.5 Å². The van der Waals surface area contributed by atoms with Crippen LogP contribution in [0, 0.1) is 0 Å². The third-order valence-corrected chi connectivity index (χ3v) is 16.8. The summed E-state index contributed by atoms with van der Waals surface area (Å²) in [6, 6.07) is 3.16. The molecule has 22 nitrogen and oxygen atoms in total. The number of likely N-dealkylation sites (N-methyl/N-ethyl adjacent to an activating group) is 2. The van der Waals surface area contributed by atoms with Crippen molar-refractivity contribution in [3.63, 3.8) is 0 Å². The maximum absolute atomic E-state index is 14.4. The van der Waals surface area contributed by atoms with Crippen LogP contribution in [0.1, 0.15) is 148 Å². The molecule has 5 heterocycles. The van der Waals surface area contributed by atoms with Gasteiger partial charge >= 0.3 is 0 Å². The molecule has 0 amide bonds. The summed E-state index contributed by atoms with van der Waals surface area (Å²) in [5.74, 6) is -3.70. The van der Waals surface area contributed by atoms with Crippen molar-refractivity contribution < 1.29 is 97.8 Å². The molecule has 424 valence electrons. The summed E-state index contributed by atoms with van der Waals surface area (Å²) in [4.78, 5) is 32.7. The molecule has 8 N–H and O–H groups in total. The Labute approximate surface area is 442 Å². The topological polar surface area (TPSA) is 295 Å². The third-order valence-electron chi connectivity index (χ3n) is 16.8. The average molecular weight is 1080 g/mol. The van der Waals surface area contributed by atoms with E-state index in [2.05, 4.69) is 0 Å². The molecule has 2 aromatic carbocycles. The molecule has 7 aliphatic rings. The van der Waals surface area contributed by atoms with Crippen molar-refractivity contribution in [1.82, 2.24) is 9.80 Å². The Morgan fingerprint density at radius 3 is 1.62 bits per heavy atom. The summed E-state index contributed by atoms with van der Waals surface area (Å²) in [5.41, 5.74) is -3.85. The van der Waals surface area contributed by atoms with Crippen LogP contribution in [-0.4, -0.2) is 213 Å². The number of ketones is 2. The van der Waals surface area contributed by atoms with Crippen molar-refractivity contribution in [2.24, 2.45) is 0 Å². The Morgan fingerprint density at radius 1 is 0.566 bits per heavy atom. The zero-order chi connectivity index (χ0) is 55.0. The molecule has 0 unspecified atom stereocenters. The summed E-state index contributed by atoms with van der Waals surface area (Å²) in [5, 5.41) is 91.3. The average Bonchev–Trinajstić information content (AvgIpc) is 3.35. The van der Waals surface area contributed by atoms with Crippen LogP contribution in [0.5, 0.6) is 17.2 Å². The quantitative estimate of drug-likeness (QED) is 0.114. The highest BCUT2D eigenvalue weighted by Crippen LogP contribution is 2.58. The van der Waals surface area contributed by atoms with Gasteiger partial charge in [0.05, 0.1) is 77.2 Å². The van der Waals surface area contributed by atoms with Crippen LogP contribution in [0.2, 0.25) is 0 Å². The second-order valence-electron chi connectivity index (χ2n) is 22.4. The zero-order valence-corrected chi connectivity index (χ0v) is 44.9. The number of benzene rings is 2. The maximum Gasteiger partial charge on any atom is 0.202 e. The van der Waals surface area contributed by atoms with E-state index >= 15 is 0 Å². The maximum atomic E-state index is 14.4. The van der Waals surface area contributed by atoms with E-state index < -0.39 is 175 Å². The van der Waals surface area contributed by atoms with Gasteiger partial charge in [-0.05, 0) is 81.7 Å². The number of hydrogen-bond acceptors (Lipinski definition) is 22. The first-order chi connectivity index (χ1) is 35.9. The summed E-state index contributed by atoms with van der Waals surface area (Å²) in [7, 11) is 7.42. The van der Waals surface area contributed by atoms with Crippen LogP contribution in [0.25, 0.3) is 0 Å². The molecule has 0 radical (unpaired) electrons. The summed E-state index contributed by atoms with van der Waals surface area (Å²) < 4.78 is 63.9.